The van der Waals surface area contributed by atoms with E-state index in [0.717, 1.165) is 0 Å². The zero-order valence-electron chi connectivity index (χ0n) is 16.8. The lowest BCUT2D eigenvalue weighted by atomic mass is 10.0. The fraction of sp³-hybridized carbons (Fsp3) is 0.273. The molecule has 2 aromatic rings. The first-order valence-electron chi connectivity index (χ1n) is 9.37. The molecule has 0 unspecified atom stereocenters. The Bertz CT molecular complexity index is 939. The van der Waals surface area contributed by atoms with Gasteiger partial charge in [0, 0.05) is 19.5 Å². The number of ether oxygens (including phenoxy) is 1. The number of phenolic OH excluding ortho intramolecular Hbond substituents is 4. The van der Waals surface area contributed by atoms with Crippen molar-refractivity contribution in [2.45, 2.75) is 25.8 Å². The van der Waals surface area contributed by atoms with E-state index in [1.165, 1.54) is 54.4 Å². The third-order valence-electron chi connectivity index (χ3n) is 4.42. The molecule has 0 aliphatic carbocycles. The largest absolute Gasteiger partial charge is 0.504 e. The van der Waals surface area contributed by atoms with E-state index in [0.29, 0.717) is 17.5 Å². The molecule has 1 atom stereocenters. The van der Waals surface area contributed by atoms with Gasteiger partial charge in [-0.2, -0.15) is 0 Å². The summed E-state index contributed by atoms with van der Waals surface area (Å²) < 4.78 is 5.21. The second kappa shape index (κ2) is 10.2. The van der Waals surface area contributed by atoms with E-state index in [2.05, 4.69) is 0 Å². The Hall–Kier alpha value is -3.68. The number of phenols is 4. The lowest BCUT2D eigenvalue weighted by Gasteiger charge is -2.26. The first-order chi connectivity index (χ1) is 14.2. The van der Waals surface area contributed by atoms with Crippen LogP contribution in [-0.4, -0.2) is 56.9 Å². The second-order valence-electron chi connectivity index (χ2n) is 6.74. The molecule has 2 aromatic carbocycles. The molecule has 0 bridgehead atoms. The highest BCUT2D eigenvalue weighted by Crippen LogP contribution is 2.27. The van der Waals surface area contributed by atoms with Crippen molar-refractivity contribution in [3.05, 3.63) is 53.6 Å². The molecule has 2 rings (SSSR count). The lowest BCUT2D eigenvalue weighted by molar-refractivity contribution is -0.153. The summed E-state index contributed by atoms with van der Waals surface area (Å²) in [5.74, 6) is -2.26. The predicted molar refractivity (Wildman–Crippen MR) is 110 cm³/mol. The van der Waals surface area contributed by atoms with Gasteiger partial charge in [0.2, 0.25) is 5.91 Å². The number of aromatic hydroxyl groups is 4. The van der Waals surface area contributed by atoms with E-state index >= 15 is 0 Å². The minimum absolute atomic E-state index is 0.0759. The topological polar surface area (TPSA) is 128 Å². The van der Waals surface area contributed by atoms with Crippen LogP contribution in [0.5, 0.6) is 23.0 Å². The Balaban J connectivity index is 2.21. The molecular formula is C22H25NO7. The van der Waals surface area contributed by atoms with Gasteiger partial charge in [-0.15, -0.1) is 0 Å². The summed E-state index contributed by atoms with van der Waals surface area (Å²) in [5.41, 5.74) is 1.02. The van der Waals surface area contributed by atoms with Gasteiger partial charge >= 0.3 is 5.97 Å². The van der Waals surface area contributed by atoms with Crippen molar-refractivity contribution in [3.8, 4) is 23.0 Å². The predicted octanol–water partition coefficient (Wildman–Crippen LogP) is 2.55. The summed E-state index contributed by atoms with van der Waals surface area (Å²) >= 11 is 0. The van der Waals surface area contributed by atoms with Gasteiger partial charge in [-0.25, -0.2) is 4.79 Å². The molecular weight excluding hydrogens is 390 g/mol. The summed E-state index contributed by atoms with van der Waals surface area (Å²) in [6.07, 6.45) is 3.38. The van der Waals surface area contributed by atoms with Crippen molar-refractivity contribution in [2.24, 2.45) is 0 Å². The second-order valence-corrected chi connectivity index (χ2v) is 6.74. The summed E-state index contributed by atoms with van der Waals surface area (Å²) in [6, 6.07) is 7.33. The number of benzene rings is 2. The third-order valence-corrected chi connectivity index (χ3v) is 4.42. The Morgan fingerprint density at radius 3 is 2.23 bits per heavy atom. The van der Waals surface area contributed by atoms with E-state index in [1.807, 2.05) is 6.92 Å². The highest BCUT2D eigenvalue weighted by atomic mass is 16.5. The maximum absolute atomic E-state index is 12.6. The fourth-order valence-electron chi connectivity index (χ4n) is 2.68. The number of hydrogen-bond acceptors (Lipinski definition) is 7. The van der Waals surface area contributed by atoms with E-state index < -0.39 is 17.9 Å². The van der Waals surface area contributed by atoms with Crippen LogP contribution in [0.15, 0.2) is 42.5 Å². The maximum atomic E-state index is 12.6. The van der Waals surface area contributed by atoms with Gasteiger partial charge in [0.25, 0.3) is 0 Å². The molecule has 8 heteroatoms. The molecule has 0 radical (unpaired) electrons. The molecule has 1 amide bonds. The van der Waals surface area contributed by atoms with Crippen molar-refractivity contribution < 1.29 is 34.8 Å². The Kier molecular flexibility index (Phi) is 7.69. The SMILES string of the molecule is CCCOC(=O)[C@@H](Cc1ccc(O)c(O)c1)N(C)C(=O)/C=C/c1ccc(O)c(O)c1. The number of hydrogen-bond donors (Lipinski definition) is 4. The normalized spacial score (nSPS) is 11.9. The van der Waals surface area contributed by atoms with Crippen LogP contribution in [0.2, 0.25) is 0 Å². The molecule has 0 fully saturated rings. The summed E-state index contributed by atoms with van der Waals surface area (Å²) in [6.45, 7) is 2.06. The zero-order valence-corrected chi connectivity index (χ0v) is 16.8. The van der Waals surface area contributed by atoms with E-state index in [1.54, 1.807) is 6.07 Å². The third kappa shape index (κ3) is 5.91. The summed E-state index contributed by atoms with van der Waals surface area (Å²) in [5, 5.41) is 38.1. The van der Waals surface area contributed by atoms with Crippen molar-refractivity contribution in [1.82, 2.24) is 4.90 Å². The van der Waals surface area contributed by atoms with Gasteiger partial charge in [-0.05, 0) is 47.9 Å². The van der Waals surface area contributed by atoms with Crippen LogP contribution in [0.1, 0.15) is 24.5 Å². The number of nitrogens with zero attached hydrogens (tertiary/aromatic N) is 1. The molecule has 0 heterocycles. The zero-order chi connectivity index (χ0) is 22.3. The van der Waals surface area contributed by atoms with E-state index in [9.17, 15) is 30.0 Å². The van der Waals surface area contributed by atoms with Gasteiger partial charge in [-0.3, -0.25) is 4.79 Å². The molecule has 8 nitrogen and oxygen atoms in total. The number of carbonyl (C=O) groups is 2. The van der Waals surface area contributed by atoms with Crippen LogP contribution in [0.25, 0.3) is 6.08 Å². The monoisotopic (exact) mass is 415 g/mol. The fourth-order valence-corrected chi connectivity index (χ4v) is 2.68. The number of rotatable bonds is 8. The van der Waals surface area contributed by atoms with Gasteiger partial charge in [0.15, 0.2) is 23.0 Å². The molecule has 0 aliphatic heterocycles. The van der Waals surface area contributed by atoms with Crippen molar-refractivity contribution >= 4 is 18.0 Å². The lowest BCUT2D eigenvalue weighted by Crippen LogP contribution is -2.44. The number of esters is 1. The molecule has 160 valence electrons. The smallest absolute Gasteiger partial charge is 0.329 e. The first-order valence-corrected chi connectivity index (χ1v) is 9.37. The Morgan fingerprint density at radius 2 is 1.63 bits per heavy atom. The molecule has 4 N–H and O–H groups in total. The number of amides is 1. The number of likely N-dealkylation sites (N-methyl/N-ethyl adjacent to an activating group) is 1. The minimum Gasteiger partial charge on any atom is -0.504 e. The molecule has 30 heavy (non-hydrogen) atoms. The molecule has 0 aromatic heterocycles. The number of carbonyl (C=O) groups excluding carboxylic acids is 2. The van der Waals surface area contributed by atoms with E-state index in [-0.39, 0.29) is 36.0 Å². The quantitative estimate of drug-likeness (QED) is 0.296. The Labute approximate surface area is 174 Å². The van der Waals surface area contributed by atoms with Crippen molar-refractivity contribution in [3.63, 3.8) is 0 Å². The van der Waals surface area contributed by atoms with Crippen LogP contribution >= 0.6 is 0 Å². The van der Waals surface area contributed by atoms with Gasteiger partial charge in [-0.1, -0.05) is 19.1 Å². The van der Waals surface area contributed by atoms with Crippen LogP contribution in [0, 0.1) is 0 Å². The molecule has 0 aliphatic rings. The van der Waals surface area contributed by atoms with Crippen LogP contribution < -0.4 is 0 Å². The average molecular weight is 415 g/mol. The molecule has 0 saturated heterocycles. The van der Waals surface area contributed by atoms with Crippen molar-refractivity contribution in [2.75, 3.05) is 13.7 Å². The van der Waals surface area contributed by atoms with Crippen LogP contribution in [-0.2, 0) is 20.7 Å². The summed E-state index contributed by atoms with van der Waals surface area (Å²) in [7, 11) is 1.46. The highest BCUT2D eigenvalue weighted by Gasteiger charge is 2.28. The van der Waals surface area contributed by atoms with Crippen molar-refractivity contribution in [1.29, 1.82) is 0 Å². The van der Waals surface area contributed by atoms with E-state index in [4.69, 9.17) is 4.74 Å². The minimum atomic E-state index is -0.953. The average Bonchev–Trinajstić information content (AvgIpc) is 2.72. The Morgan fingerprint density at radius 1 is 1.00 bits per heavy atom. The van der Waals surface area contributed by atoms with Gasteiger partial charge in [0.05, 0.1) is 6.61 Å². The van der Waals surface area contributed by atoms with Crippen LogP contribution in [0.4, 0.5) is 0 Å². The molecule has 0 spiro atoms. The van der Waals surface area contributed by atoms with Gasteiger partial charge in [0.1, 0.15) is 6.04 Å². The van der Waals surface area contributed by atoms with Crippen LogP contribution in [0.3, 0.4) is 0 Å². The summed E-state index contributed by atoms with van der Waals surface area (Å²) in [4.78, 5) is 26.4. The first kappa shape index (κ1) is 22.6. The standard InChI is InChI=1S/C22H25NO7/c1-3-10-30-22(29)16(11-15-5-8-18(25)20(27)13-15)23(2)21(28)9-6-14-4-7-17(24)19(26)12-14/h4-9,12-13,16,24-27H,3,10-11H2,1-2H3/b9-6+/t16-/m1/s1. The maximum Gasteiger partial charge on any atom is 0.329 e. The van der Waals surface area contributed by atoms with Gasteiger partial charge < -0.3 is 30.1 Å². The highest BCUT2D eigenvalue weighted by molar-refractivity contribution is 5.94. The molecule has 0 saturated carbocycles.